The van der Waals surface area contributed by atoms with Crippen molar-refractivity contribution in [1.29, 1.82) is 0 Å². The van der Waals surface area contributed by atoms with Crippen LogP contribution in [0.1, 0.15) is 181 Å². The van der Waals surface area contributed by atoms with E-state index in [4.69, 9.17) is 28.0 Å². The molecule has 0 bridgehead atoms. The topological polar surface area (TPSA) is 289 Å². The lowest BCUT2D eigenvalue weighted by molar-refractivity contribution is -0.338. The number of esters is 2. The lowest BCUT2D eigenvalue weighted by Gasteiger charge is -2.47. The Bertz CT molecular complexity index is 1420. The highest BCUT2D eigenvalue weighted by Crippen LogP contribution is 2.48. The minimum absolute atomic E-state index is 0.0165. The Morgan fingerprint density at radius 3 is 1.57 bits per heavy atom. The molecule has 2 aliphatic rings. The zero-order valence-electron chi connectivity index (χ0n) is 40.9. The van der Waals surface area contributed by atoms with Crippen LogP contribution < -0.4 is 0 Å². The van der Waals surface area contributed by atoms with Gasteiger partial charge in [0.2, 0.25) is 0 Å². The molecule has 1 aliphatic carbocycles. The van der Waals surface area contributed by atoms with Crippen LogP contribution in [-0.4, -0.2) is 151 Å². The minimum atomic E-state index is -5.39. The Labute approximate surface area is 405 Å². The van der Waals surface area contributed by atoms with Gasteiger partial charge in [-0.2, -0.15) is 0 Å². The summed E-state index contributed by atoms with van der Waals surface area (Å²) in [6.07, 6.45) is 11.8. The van der Waals surface area contributed by atoms with Gasteiger partial charge in [-0.3, -0.25) is 13.8 Å². The molecule has 2 fully saturated rings. The second-order valence-corrected chi connectivity index (χ2v) is 19.8. The Kier molecular flexibility index (Phi) is 33.8. The van der Waals surface area contributed by atoms with Crippen LogP contribution in [0.25, 0.3) is 0 Å². The first-order chi connectivity index (χ1) is 32.7. The van der Waals surface area contributed by atoms with E-state index in [1.54, 1.807) is 6.08 Å². The predicted molar refractivity (Wildman–Crippen MR) is 254 cm³/mol. The van der Waals surface area contributed by atoms with Crippen molar-refractivity contribution in [2.45, 2.75) is 254 Å². The number of phosphoric ester groups is 1. The molecule has 0 amide bonds. The van der Waals surface area contributed by atoms with Crippen molar-refractivity contribution in [1.82, 2.24) is 0 Å². The molecule has 398 valence electrons. The maximum absolute atomic E-state index is 13.4. The van der Waals surface area contributed by atoms with E-state index in [0.717, 1.165) is 44.9 Å². The molecule has 13 atom stereocenters. The van der Waals surface area contributed by atoms with Crippen LogP contribution >= 0.6 is 7.82 Å². The van der Waals surface area contributed by atoms with Gasteiger partial charge in [0, 0.05) is 12.5 Å². The quantitative estimate of drug-likeness (QED) is 0.0114. The highest BCUT2D eigenvalue weighted by atomic mass is 31.2. The lowest BCUT2D eigenvalue weighted by atomic mass is 9.84. The molecule has 1 aliphatic heterocycles. The first-order valence-electron chi connectivity index (χ1n) is 25.7. The summed E-state index contributed by atoms with van der Waals surface area (Å²) in [7, 11) is -5.39. The highest BCUT2D eigenvalue weighted by Gasteiger charge is 2.55. The van der Waals surface area contributed by atoms with Gasteiger partial charge in [-0.1, -0.05) is 173 Å². The molecule has 0 aromatic carbocycles. The average Bonchev–Trinajstić information content (AvgIpc) is 3.32. The number of ether oxygens (including phenoxy) is 4. The lowest BCUT2D eigenvalue weighted by Crippen LogP contribution is -2.67. The SMILES string of the molecule is CCCCCCCCCCCCCC=CC=CC(=O)OCC(COP(=O)(O)OC1C(O)C(O)C(O)C(O)C1OC1OC(CO)C(O)C(O)C1O)OC(=O)CCCCCCCCCCCCCCC. The summed E-state index contributed by atoms with van der Waals surface area (Å²) < 4.78 is 45.3. The third kappa shape index (κ3) is 25.5. The van der Waals surface area contributed by atoms with Gasteiger partial charge in [0.05, 0.1) is 13.2 Å². The van der Waals surface area contributed by atoms with Gasteiger partial charge in [-0.05, 0) is 19.3 Å². The van der Waals surface area contributed by atoms with Gasteiger partial charge in [-0.15, -0.1) is 0 Å². The zero-order chi connectivity index (χ0) is 50.2. The van der Waals surface area contributed by atoms with Crippen LogP contribution in [0, 0.1) is 0 Å². The van der Waals surface area contributed by atoms with Gasteiger partial charge in [0.15, 0.2) is 12.4 Å². The largest absolute Gasteiger partial charge is 0.472 e. The predicted octanol–water partition coefficient (Wildman–Crippen LogP) is 5.88. The molecule has 13 unspecified atom stereocenters. The summed E-state index contributed by atoms with van der Waals surface area (Å²) in [5, 5.41) is 82.9. The van der Waals surface area contributed by atoms with E-state index in [0.29, 0.717) is 6.42 Å². The summed E-state index contributed by atoms with van der Waals surface area (Å²) >= 11 is 0. The van der Waals surface area contributed by atoms with Crippen molar-refractivity contribution in [2.75, 3.05) is 19.8 Å². The molecule has 0 spiro atoms. The highest BCUT2D eigenvalue weighted by molar-refractivity contribution is 7.47. The van der Waals surface area contributed by atoms with Gasteiger partial charge in [-0.25, -0.2) is 9.36 Å². The molecule has 0 aromatic heterocycles. The Hall–Kier alpha value is -1.87. The van der Waals surface area contributed by atoms with Gasteiger partial charge in [0.1, 0.15) is 67.6 Å². The van der Waals surface area contributed by atoms with E-state index >= 15 is 0 Å². The van der Waals surface area contributed by atoms with Crippen LogP contribution in [-0.2, 0) is 42.1 Å². The van der Waals surface area contributed by atoms with Gasteiger partial charge >= 0.3 is 19.8 Å². The van der Waals surface area contributed by atoms with Crippen LogP contribution in [0.15, 0.2) is 24.3 Å². The fraction of sp³-hybridized carbons (Fsp3) is 0.878. The molecule has 19 heteroatoms. The maximum atomic E-state index is 13.4. The van der Waals surface area contributed by atoms with Crippen LogP contribution in [0.5, 0.6) is 0 Å². The van der Waals surface area contributed by atoms with Crippen molar-refractivity contribution in [3.8, 4) is 0 Å². The fourth-order valence-electron chi connectivity index (χ4n) is 8.26. The maximum Gasteiger partial charge on any atom is 0.472 e. The normalized spacial score (nSPS) is 28.0. The van der Waals surface area contributed by atoms with Crippen molar-refractivity contribution >= 4 is 19.8 Å². The number of carbonyl (C=O) groups excluding carboxylic acids is 2. The van der Waals surface area contributed by atoms with Crippen molar-refractivity contribution in [3.63, 3.8) is 0 Å². The second-order valence-electron chi connectivity index (χ2n) is 18.4. The third-order valence-electron chi connectivity index (χ3n) is 12.5. The molecule has 68 heavy (non-hydrogen) atoms. The van der Waals surface area contributed by atoms with Crippen LogP contribution in [0.3, 0.4) is 0 Å². The average molecular weight is 997 g/mol. The monoisotopic (exact) mass is 997 g/mol. The minimum Gasteiger partial charge on any atom is -0.458 e. The Morgan fingerprint density at radius 1 is 0.588 bits per heavy atom. The van der Waals surface area contributed by atoms with E-state index in [2.05, 4.69) is 13.8 Å². The van der Waals surface area contributed by atoms with Gasteiger partial charge < -0.3 is 64.7 Å². The number of allylic oxidation sites excluding steroid dienone is 3. The first kappa shape index (κ1) is 62.2. The molecule has 2 rings (SSSR count). The molecule has 9 N–H and O–H groups in total. The Balaban J connectivity index is 1.97. The Morgan fingerprint density at radius 2 is 1.06 bits per heavy atom. The zero-order valence-corrected chi connectivity index (χ0v) is 41.8. The summed E-state index contributed by atoms with van der Waals surface area (Å²) in [4.78, 5) is 36.4. The molecule has 1 heterocycles. The number of hydrogen-bond donors (Lipinski definition) is 9. The van der Waals surface area contributed by atoms with Crippen LogP contribution in [0.4, 0.5) is 0 Å². The number of unbranched alkanes of at least 4 members (excludes halogenated alkanes) is 23. The van der Waals surface area contributed by atoms with E-state index in [9.17, 15) is 59.9 Å². The van der Waals surface area contributed by atoms with E-state index in [-0.39, 0.29) is 6.42 Å². The summed E-state index contributed by atoms with van der Waals surface area (Å²) in [6.45, 7) is 2.12. The number of carbonyl (C=O) groups is 2. The summed E-state index contributed by atoms with van der Waals surface area (Å²) in [5.41, 5.74) is 0. The number of hydrogen-bond acceptors (Lipinski definition) is 17. The standard InChI is InChI=1S/C49H89O18P/c1-3-5-7-9-11-13-15-17-18-20-21-23-25-27-29-31-38(51)62-34-36(64-39(52)32-30-28-26-24-22-19-16-14-12-10-8-6-4-2)35-63-68(60,61)67-48-45(58)43(56)42(55)44(57)47(48)66-49-46(59)41(54)40(53)37(33-50)65-49/h25,27,29,31,36-37,40-50,53-59H,3-24,26,28,30,32-35H2,1-2H3,(H,60,61). The number of phosphoric acid groups is 1. The number of aliphatic hydroxyl groups excluding tert-OH is 8. The van der Waals surface area contributed by atoms with E-state index in [1.165, 1.54) is 121 Å². The van der Waals surface area contributed by atoms with E-state index in [1.807, 2.05) is 6.08 Å². The fourth-order valence-corrected chi connectivity index (χ4v) is 9.23. The molecular formula is C49H89O18P. The van der Waals surface area contributed by atoms with E-state index < -0.39 is 113 Å². The summed E-state index contributed by atoms with van der Waals surface area (Å²) in [5.74, 6) is -1.46. The molecule has 1 saturated carbocycles. The number of aliphatic hydroxyl groups is 8. The van der Waals surface area contributed by atoms with Crippen molar-refractivity contribution < 1.29 is 87.9 Å². The second kappa shape index (κ2) is 37.0. The van der Waals surface area contributed by atoms with Crippen molar-refractivity contribution in [2.24, 2.45) is 0 Å². The van der Waals surface area contributed by atoms with Crippen LogP contribution in [0.2, 0.25) is 0 Å². The molecule has 0 radical (unpaired) electrons. The smallest absolute Gasteiger partial charge is 0.458 e. The van der Waals surface area contributed by atoms with Gasteiger partial charge in [0.25, 0.3) is 0 Å². The molecule has 0 aromatic rings. The number of rotatable bonds is 39. The first-order valence-corrected chi connectivity index (χ1v) is 27.2. The summed E-state index contributed by atoms with van der Waals surface area (Å²) in [6, 6.07) is 0. The molecule has 1 saturated heterocycles. The molecule has 18 nitrogen and oxygen atoms in total. The third-order valence-corrected chi connectivity index (χ3v) is 13.5. The molecular weight excluding hydrogens is 907 g/mol. The van der Waals surface area contributed by atoms with Crippen molar-refractivity contribution in [3.05, 3.63) is 24.3 Å².